The summed E-state index contributed by atoms with van der Waals surface area (Å²) in [6, 6.07) is 0. The summed E-state index contributed by atoms with van der Waals surface area (Å²) in [4.78, 5) is 9.38. The molecule has 0 aromatic rings. The molecular formula is C4H2F7KO2. The van der Waals surface area contributed by atoms with Crippen molar-refractivity contribution >= 4 is 57.4 Å². The van der Waals surface area contributed by atoms with Crippen molar-refractivity contribution < 1.29 is 40.6 Å². The molecule has 0 aliphatic carbocycles. The van der Waals surface area contributed by atoms with Gasteiger partial charge in [0.1, 0.15) is 0 Å². The third-order valence-corrected chi connectivity index (χ3v) is 1.02. The van der Waals surface area contributed by atoms with Gasteiger partial charge in [0.25, 0.3) is 0 Å². The topological polar surface area (TPSA) is 37.3 Å². The summed E-state index contributed by atoms with van der Waals surface area (Å²) in [7, 11) is 0. The molecular weight excluding hydrogens is 252 g/mol. The second kappa shape index (κ2) is 4.64. The van der Waals surface area contributed by atoms with Gasteiger partial charge >= 0.3 is 75.4 Å². The molecule has 10 heteroatoms. The first-order chi connectivity index (χ1) is 5.44. The summed E-state index contributed by atoms with van der Waals surface area (Å²) < 4.78 is 80.5. The van der Waals surface area contributed by atoms with Crippen LogP contribution < -0.4 is 0 Å². The van der Waals surface area contributed by atoms with Crippen molar-refractivity contribution in [3.8, 4) is 0 Å². The van der Waals surface area contributed by atoms with E-state index in [0.29, 0.717) is 0 Å². The second-order valence-electron chi connectivity index (χ2n) is 1.95. The molecule has 0 aromatic carbocycles. The van der Waals surface area contributed by atoms with Crippen LogP contribution in [-0.2, 0) is 4.79 Å². The molecule has 0 saturated carbocycles. The van der Waals surface area contributed by atoms with Crippen molar-refractivity contribution in [2.75, 3.05) is 0 Å². The molecule has 0 fully saturated rings. The summed E-state index contributed by atoms with van der Waals surface area (Å²) in [5.74, 6) is -16.3. The Balaban J connectivity index is 0. The number of carboxylic acids is 1. The maximum absolute atomic E-state index is 11.8. The zero-order chi connectivity index (χ0) is 11.1. The number of aliphatic carboxylic acids is 1. The Morgan fingerprint density at radius 1 is 0.929 bits per heavy atom. The van der Waals surface area contributed by atoms with Gasteiger partial charge in [0.2, 0.25) is 0 Å². The first kappa shape index (κ1) is 17.0. The molecule has 2 nitrogen and oxygen atoms in total. The van der Waals surface area contributed by atoms with Crippen LogP contribution in [0.5, 0.6) is 0 Å². The minimum absolute atomic E-state index is 0. The van der Waals surface area contributed by atoms with E-state index in [2.05, 4.69) is 0 Å². The van der Waals surface area contributed by atoms with E-state index in [0.717, 1.165) is 0 Å². The molecule has 0 saturated heterocycles. The fourth-order valence-electron chi connectivity index (χ4n) is 0.312. The molecule has 0 aliphatic rings. The summed E-state index contributed by atoms with van der Waals surface area (Å²) >= 11 is 0. The molecule has 0 unspecified atom stereocenters. The quantitative estimate of drug-likeness (QED) is 0.595. The molecule has 1 N–H and O–H groups in total. The van der Waals surface area contributed by atoms with E-state index in [1.165, 1.54) is 0 Å². The van der Waals surface area contributed by atoms with Gasteiger partial charge < -0.3 is 5.11 Å². The summed E-state index contributed by atoms with van der Waals surface area (Å²) in [6.07, 6.45) is -6.60. The van der Waals surface area contributed by atoms with Gasteiger partial charge in [0.05, 0.1) is 0 Å². The zero-order valence-electron chi connectivity index (χ0n) is 5.50. The van der Waals surface area contributed by atoms with Crippen LogP contribution in [0, 0.1) is 0 Å². The fourth-order valence-corrected chi connectivity index (χ4v) is 0.312. The van der Waals surface area contributed by atoms with Crippen LogP contribution in [0.4, 0.5) is 30.7 Å². The van der Waals surface area contributed by atoms with E-state index >= 15 is 0 Å². The van der Waals surface area contributed by atoms with Crippen LogP contribution in [0.25, 0.3) is 0 Å². The van der Waals surface area contributed by atoms with Crippen LogP contribution in [0.15, 0.2) is 0 Å². The van der Waals surface area contributed by atoms with E-state index in [-0.39, 0.29) is 51.4 Å². The van der Waals surface area contributed by atoms with Crippen LogP contribution >= 0.6 is 0 Å². The predicted octanol–water partition coefficient (Wildman–Crippen LogP) is 1.26. The zero-order valence-corrected chi connectivity index (χ0v) is 5.50. The Labute approximate surface area is 115 Å². The number of hydrogen-bond acceptors (Lipinski definition) is 1. The van der Waals surface area contributed by atoms with Gasteiger partial charge in [-0.3, -0.25) is 0 Å². The molecule has 0 aliphatic heterocycles. The number of alkyl halides is 7. The summed E-state index contributed by atoms with van der Waals surface area (Å²) in [5.41, 5.74) is 0. The van der Waals surface area contributed by atoms with E-state index in [1.807, 2.05) is 0 Å². The van der Waals surface area contributed by atoms with Gasteiger partial charge in [-0.25, -0.2) is 4.79 Å². The normalized spacial score (nSPS) is 13.4. The maximum atomic E-state index is 11.8. The van der Waals surface area contributed by atoms with Crippen molar-refractivity contribution in [1.29, 1.82) is 0 Å². The Bertz CT molecular complexity index is 222. The Morgan fingerprint density at radius 2 is 1.21 bits per heavy atom. The average molecular weight is 254 g/mol. The number of rotatable bonds is 2. The van der Waals surface area contributed by atoms with Crippen molar-refractivity contribution in [3.05, 3.63) is 0 Å². The molecule has 0 rings (SSSR count). The molecule has 0 atom stereocenters. The molecule has 0 spiro atoms. The van der Waals surface area contributed by atoms with Crippen LogP contribution in [0.2, 0.25) is 0 Å². The Hall–Kier alpha value is 0.616. The van der Waals surface area contributed by atoms with E-state index in [9.17, 15) is 35.5 Å². The van der Waals surface area contributed by atoms with Gasteiger partial charge in [-0.05, 0) is 0 Å². The third-order valence-electron chi connectivity index (χ3n) is 1.02. The number of halogens is 7. The number of carboxylic acid groups (broad SMARTS) is 1. The molecule has 0 radical (unpaired) electrons. The van der Waals surface area contributed by atoms with E-state index in [4.69, 9.17) is 5.11 Å². The first-order valence-electron chi connectivity index (χ1n) is 2.50. The van der Waals surface area contributed by atoms with Crippen molar-refractivity contribution in [1.82, 2.24) is 0 Å². The van der Waals surface area contributed by atoms with Crippen molar-refractivity contribution in [2.24, 2.45) is 0 Å². The molecule has 80 valence electrons. The van der Waals surface area contributed by atoms with Gasteiger partial charge in [0, 0.05) is 0 Å². The third kappa shape index (κ3) is 2.81. The Morgan fingerprint density at radius 3 is 1.29 bits per heavy atom. The van der Waals surface area contributed by atoms with Gasteiger partial charge in [-0.1, -0.05) is 0 Å². The van der Waals surface area contributed by atoms with Gasteiger partial charge in [-0.2, -0.15) is 30.7 Å². The number of hydrogen-bond donors (Lipinski definition) is 1. The van der Waals surface area contributed by atoms with Crippen LogP contribution in [0.3, 0.4) is 0 Å². The summed E-state index contributed by atoms with van der Waals surface area (Å²) in [6.45, 7) is 0. The molecule has 0 amide bonds. The second-order valence-corrected chi connectivity index (χ2v) is 1.95. The standard InChI is InChI=1S/C4HF7O2.K.H/c5-2(6,1(12)13)3(7,8)4(9,10)11;;/h(H,12,13);;. The minimum atomic E-state index is -6.60. The molecule has 0 heterocycles. The Kier molecular flexibility index (Phi) is 5.64. The number of carbonyl (C=O) groups is 1. The fraction of sp³-hybridized carbons (Fsp3) is 0.750. The van der Waals surface area contributed by atoms with Crippen LogP contribution in [0.1, 0.15) is 0 Å². The molecule has 0 bridgehead atoms. The van der Waals surface area contributed by atoms with Crippen LogP contribution in [-0.4, -0.2) is 80.5 Å². The van der Waals surface area contributed by atoms with Crippen molar-refractivity contribution in [3.63, 3.8) is 0 Å². The average Bonchev–Trinajstić information content (AvgIpc) is 1.84. The monoisotopic (exact) mass is 254 g/mol. The summed E-state index contributed by atoms with van der Waals surface area (Å²) in [5, 5.41) is 7.41. The molecule has 0 aromatic heterocycles. The predicted molar refractivity (Wildman–Crippen MR) is 30.7 cm³/mol. The van der Waals surface area contributed by atoms with Crippen molar-refractivity contribution in [2.45, 2.75) is 18.0 Å². The first-order valence-corrected chi connectivity index (χ1v) is 2.50. The van der Waals surface area contributed by atoms with Gasteiger partial charge in [-0.15, -0.1) is 0 Å². The molecule has 14 heavy (non-hydrogen) atoms. The SMILES string of the molecule is O=C(O)C(F)(F)C(F)(F)C(F)(F)F.[KH]. The van der Waals surface area contributed by atoms with Gasteiger partial charge in [0.15, 0.2) is 0 Å². The van der Waals surface area contributed by atoms with E-state index < -0.39 is 24.0 Å². The van der Waals surface area contributed by atoms with E-state index in [1.54, 1.807) is 0 Å².